The molecule has 118 valence electrons. The highest BCUT2D eigenvalue weighted by Gasteiger charge is 2.34. The van der Waals surface area contributed by atoms with Gasteiger partial charge in [0.25, 0.3) is 0 Å². The van der Waals surface area contributed by atoms with Crippen LogP contribution in [0.4, 0.5) is 24.5 Å². The number of halogens is 3. The summed E-state index contributed by atoms with van der Waals surface area (Å²) in [5.74, 6) is 0. The number of rotatable bonds is 7. The van der Waals surface area contributed by atoms with Crippen molar-refractivity contribution >= 4 is 11.4 Å². The Morgan fingerprint density at radius 1 is 1.52 bits per heavy atom. The number of nitro groups is 1. The van der Waals surface area contributed by atoms with Gasteiger partial charge in [0.05, 0.1) is 11.5 Å². The average molecular weight is 307 g/mol. The normalized spacial score (nSPS) is 13.0. The van der Waals surface area contributed by atoms with E-state index in [1.165, 1.54) is 7.11 Å². The summed E-state index contributed by atoms with van der Waals surface area (Å²) in [5, 5.41) is 13.6. The monoisotopic (exact) mass is 307 g/mol. The van der Waals surface area contributed by atoms with Gasteiger partial charge in [-0.15, -0.1) is 0 Å². The van der Waals surface area contributed by atoms with Crippen LogP contribution in [0.2, 0.25) is 0 Å². The molecule has 0 aliphatic rings. The number of hydrogen-bond acceptors (Lipinski definition) is 5. The number of anilines is 1. The van der Waals surface area contributed by atoms with Crippen LogP contribution in [0.25, 0.3) is 0 Å². The fourth-order valence-corrected chi connectivity index (χ4v) is 1.83. The molecule has 0 aliphatic heterocycles. The van der Waals surface area contributed by atoms with E-state index in [2.05, 4.69) is 10.3 Å². The molecule has 1 atom stereocenters. The molecule has 21 heavy (non-hydrogen) atoms. The first kappa shape index (κ1) is 17.2. The second kappa shape index (κ2) is 7.21. The van der Waals surface area contributed by atoms with Crippen LogP contribution in [-0.2, 0) is 10.9 Å². The van der Waals surface area contributed by atoms with Crippen LogP contribution in [0.5, 0.6) is 0 Å². The van der Waals surface area contributed by atoms with Crippen molar-refractivity contribution in [3.05, 3.63) is 28.1 Å². The van der Waals surface area contributed by atoms with E-state index in [1.807, 2.05) is 6.92 Å². The van der Waals surface area contributed by atoms with Crippen molar-refractivity contribution < 1.29 is 22.8 Å². The van der Waals surface area contributed by atoms with Crippen molar-refractivity contribution in [3.8, 4) is 0 Å². The Labute approximate surface area is 119 Å². The van der Waals surface area contributed by atoms with Gasteiger partial charge in [0, 0.05) is 13.2 Å². The van der Waals surface area contributed by atoms with Crippen LogP contribution < -0.4 is 5.32 Å². The lowest BCUT2D eigenvalue weighted by Gasteiger charge is -2.19. The number of ether oxygens (including phenoxy) is 1. The Balaban J connectivity index is 3.13. The molecular formula is C12H16F3N3O3. The van der Waals surface area contributed by atoms with Crippen molar-refractivity contribution in [2.75, 3.05) is 19.0 Å². The first-order valence-electron chi connectivity index (χ1n) is 6.26. The van der Waals surface area contributed by atoms with Crippen molar-refractivity contribution in [1.29, 1.82) is 0 Å². The molecule has 0 saturated heterocycles. The lowest BCUT2D eigenvalue weighted by atomic mass is 10.1. The predicted octanol–water partition coefficient (Wildman–Crippen LogP) is 3.24. The van der Waals surface area contributed by atoms with Gasteiger partial charge >= 0.3 is 11.9 Å². The zero-order valence-corrected chi connectivity index (χ0v) is 11.6. The molecule has 1 N–H and O–H groups in total. The van der Waals surface area contributed by atoms with Crippen LogP contribution in [0.15, 0.2) is 12.3 Å². The summed E-state index contributed by atoms with van der Waals surface area (Å²) < 4.78 is 42.9. The SMILES string of the molecule is CCCC(COC)Nc1cc(C(F)(F)F)ncc1[N+](=O)[O-]. The number of alkyl halides is 3. The fourth-order valence-electron chi connectivity index (χ4n) is 1.83. The zero-order chi connectivity index (χ0) is 16.0. The van der Waals surface area contributed by atoms with Gasteiger partial charge in [-0.3, -0.25) is 10.1 Å². The Morgan fingerprint density at radius 2 is 2.19 bits per heavy atom. The molecule has 9 heteroatoms. The summed E-state index contributed by atoms with van der Waals surface area (Å²) >= 11 is 0. The van der Waals surface area contributed by atoms with Crippen molar-refractivity contribution in [1.82, 2.24) is 4.98 Å². The Kier molecular flexibility index (Phi) is 5.89. The highest BCUT2D eigenvalue weighted by atomic mass is 19.4. The van der Waals surface area contributed by atoms with Crippen LogP contribution in [-0.4, -0.2) is 29.7 Å². The minimum atomic E-state index is -4.66. The second-order valence-electron chi connectivity index (χ2n) is 4.43. The Morgan fingerprint density at radius 3 is 2.67 bits per heavy atom. The van der Waals surface area contributed by atoms with E-state index in [0.29, 0.717) is 18.7 Å². The topological polar surface area (TPSA) is 77.3 Å². The summed E-state index contributed by atoms with van der Waals surface area (Å²) in [5.41, 5.74) is -1.89. The molecular weight excluding hydrogens is 291 g/mol. The zero-order valence-electron chi connectivity index (χ0n) is 11.6. The van der Waals surface area contributed by atoms with Crippen LogP contribution in [0.3, 0.4) is 0 Å². The van der Waals surface area contributed by atoms with E-state index in [4.69, 9.17) is 4.74 Å². The molecule has 0 fully saturated rings. The highest BCUT2D eigenvalue weighted by molar-refractivity contribution is 5.61. The number of nitrogens with zero attached hydrogens (tertiary/aromatic N) is 2. The van der Waals surface area contributed by atoms with E-state index in [1.54, 1.807) is 0 Å². The summed E-state index contributed by atoms with van der Waals surface area (Å²) in [7, 11) is 1.45. The Hall–Kier alpha value is -1.90. The Bertz CT molecular complexity index is 488. The first-order chi connectivity index (χ1) is 9.79. The van der Waals surface area contributed by atoms with Crippen LogP contribution in [0, 0.1) is 10.1 Å². The molecule has 1 rings (SSSR count). The van der Waals surface area contributed by atoms with Gasteiger partial charge in [-0.1, -0.05) is 13.3 Å². The van der Waals surface area contributed by atoms with Gasteiger partial charge in [0.15, 0.2) is 0 Å². The summed E-state index contributed by atoms with van der Waals surface area (Å²) in [4.78, 5) is 13.2. The van der Waals surface area contributed by atoms with Gasteiger partial charge in [-0.2, -0.15) is 13.2 Å². The van der Waals surface area contributed by atoms with E-state index in [0.717, 1.165) is 6.42 Å². The molecule has 1 aromatic heterocycles. The molecule has 0 radical (unpaired) electrons. The third-order valence-electron chi connectivity index (χ3n) is 2.73. The quantitative estimate of drug-likeness (QED) is 0.618. The average Bonchev–Trinajstić information content (AvgIpc) is 2.38. The second-order valence-corrected chi connectivity index (χ2v) is 4.43. The third-order valence-corrected chi connectivity index (χ3v) is 2.73. The molecule has 0 bridgehead atoms. The van der Waals surface area contributed by atoms with E-state index >= 15 is 0 Å². The van der Waals surface area contributed by atoms with Crippen molar-refractivity contribution in [3.63, 3.8) is 0 Å². The highest BCUT2D eigenvalue weighted by Crippen LogP contribution is 2.33. The molecule has 0 aromatic carbocycles. The number of pyridine rings is 1. The molecule has 0 saturated carbocycles. The van der Waals surface area contributed by atoms with Gasteiger partial charge in [0.1, 0.15) is 17.6 Å². The summed E-state index contributed by atoms with van der Waals surface area (Å²) in [6, 6.07) is 0.332. The third kappa shape index (κ3) is 4.85. The van der Waals surface area contributed by atoms with Crippen LogP contribution >= 0.6 is 0 Å². The molecule has 1 unspecified atom stereocenters. The molecule has 0 spiro atoms. The molecule has 0 aliphatic carbocycles. The first-order valence-corrected chi connectivity index (χ1v) is 6.26. The molecule has 0 amide bonds. The lowest BCUT2D eigenvalue weighted by molar-refractivity contribution is -0.384. The fraction of sp³-hybridized carbons (Fsp3) is 0.583. The van der Waals surface area contributed by atoms with Crippen molar-refractivity contribution in [2.24, 2.45) is 0 Å². The smallest absolute Gasteiger partial charge is 0.383 e. The van der Waals surface area contributed by atoms with Gasteiger partial charge in [-0.05, 0) is 12.5 Å². The maximum Gasteiger partial charge on any atom is 0.433 e. The van der Waals surface area contributed by atoms with Crippen molar-refractivity contribution in [2.45, 2.75) is 32.0 Å². The minimum Gasteiger partial charge on any atom is -0.383 e. The van der Waals surface area contributed by atoms with E-state index in [9.17, 15) is 23.3 Å². The number of methoxy groups -OCH3 is 1. The van der Waals surface area contributed by atoms with E-state index in [-0.39, 0.29) is 18.3 Å². The summed E-state index contributed by atoms with van der Waals surface area (Å²) in [6.07, 6.45) is -2.69. The molecule has 6 nitrogen and oxygen atoms in total. The number of hydrogen-bond donors (Lipinski definition) is 1. The van der Waals surface area contributed by atoms with Gasteiger partial charge in [0.2, 0.25) is 0 Å². The largest absolute Gasteiger partial charge is 0.433 e. The minimum absolute atomic E-state index is 0.210. The maximum absolute atomic E-state index is 12.6. The van der Waals surface area contributed by atoms with E-state index < -0.39 is 22.5 Å². The predicted molar refractivity (Wildman–Crippen MR) is 70.1 cm³/mol. The van der Waals surface area contributed by atoms with Crippen LogP contribution in [0.1, 0.15) is 25.5 Å². The van der Waals surface area contributed by atoms with Gasteiger partial charge in [-0.25, -0.2) is 4.98 Å². The number of nitrogens with one attached hydrogen (secondary N) is 1. The molecule has 1 aromatic rings. The number of aromatic nitrogens is 1. The van der Waals surface area contributed by atoms with Gasteiger partial charge < -0.3 is 10.1 Å². The summed E-state index contributed by atoms with van der Waals surface area (Å²) in [6.45, 7) is 2.13. The maximum atomic E-state index is 12.6. The standard InChI is InChI=1S/C12H16F3N3O3/c1-3-4-8(7-21-2)17-9-5-11(12(13,14)15)16-6-10(9)18(19)20/h5-6,8H,3-4,7H2,1-2H3,(H,16,17). The molecule has 1 heterocycles. The lowest BCUT2D eigenvalue weighted by Crippen LogP contribution is -2.25.